The Morgan fingerprint density at radius 1 is 0.381 bits per heavy atom. The first-order valence-corrected chi connectivity index (χ1v) is 14.8. The summed E-state index contributed by atoms with van der Waals surface area (Å²) in [4.78, 5) is 18.9. The highest BCUT2D eigenvalue weighted by molar-refractivity contribution is 5.58. The Kier molecular flexibility index (Phi) is 15.8. The van der Waals surface area contributed by atoms with Crippen LogP contribution in [0.3, 0.4) is 0 Å². The highest BCUT2D eigenvalue weighted by atomic mass is 16.6. The molecule has 3 heterocycles. The summed E-state index contributed by atoms with van der Waals surface area (Å²) >= 11 is 0. The van der Waals surface area contributed by atoms with Gasteiger partial charge >= 0.3 is 0 Å². The van der Waals surface area contributed by atoms with Crippen molar-refractivity contribution in [3.63, 3.8) is 0 Å². The largest absolute Gasteiger partial charge is 0.377 e. The van der Waals surface area contributed by atoms with Crippen molar-refractivity contribution in [2.45, 2.75) is 0 Å². The van der Waals surface area contributed by atoms with Crippen molar-refractivity contribution in [1.82, 2.24) is 15.0 Å². The van der Waals surface area contributed by atoms with E-state index in [-0.39, 0.29) is 0 Å². The first-order chi connectivity index (χ1) is 20.9. The lowest BCUT2D eigenvalue weighted by Crippen LogP contribution is -2.36. The van der Waals surface area contributed by atoms with Gasteiger partial charge < -0.3 is 47.7 Å². The van der Waals surface area contributed by atoms with E-state index in [4.69, 9.17) is 52.8 Å². The van der Waals surface area contributed by atoms with Gasteiger partial charge in [-0.25, -0.2) is 0 Å². The van der Waals surface area contributed by atoms with Gasteiger partial charge in [-0.1, -0.05) is 30.3 Å². The van der Waals surface area contributed by atoms with Crippen molar-refractivity contribution in [3.05, 3.63) is 30.3 Å². The molecular weight excluding hydrogens is 546 g/mol. The van der Waals surface area contributed by atoms with E-state index in [2.05, 4.69) is 9.80 Å². The van der Waals surface area contributed by atoms with E-state index in [1.165, 1.54) is 0 Å². The van der Waals surface area contributed by atoms with Crippen molar-refractivity contribution in [1.29, 1.82) is 0 Å². The van der Waals surface area contributed by atoms with Gasteiger partial charge in [-0.15, -0.1) is 0 Å². The molecular formula is C29H45N5O8. The Morgan fingerprint density at radius 3 is 1.02 bits per heavy atom. The van der Waals surface area contributed by atoms with Crippen molar-refractivity contribution in [2.24, 2.45) is 0 Å². The smallest absolute Gasteiger partial charge is 0.230 e. The Morgan fingerprint density at radius 2 is 0.690 bits per heavy atom. The van der Waals surface area contributed by atoms with Gasteiger partial charge in [0, 0.05) is 31.7 Å². The van der Waals surface area contributed by atoms with Gasteiger partial charge in [0.15, 0.2) is 5.82 Å². The summed E-state index contributed by atoms with van der Waals surface area (Å²) in [6.07, 6.45) is 0. The molecule has 2 aliphatic rings. The molecule has 42 heavy (non-hydrogen) atoms. The molecule has 0 radical (unpaired) electrons. The third kappa shape index (κ3) is 12.4. The number of hydrogen-bond acceptors (Lipinski definition) is 13. The maximum atomic E-state index is 5.85. The van der Waals surface area contributed by atoms with Gasteiger partial charge in [-0.3, -0.25) is 0 Å². The molecule has 1 aromatic carbocycles. The maximum Gasteiger partial charge on any atom is 0.230 e. The van der Waals surface area contributed by atoms with Crippen LogP contribution in [-0.2, 0) is 37.9 Å². The van der Waals surface area contributed by atoms with E-state index >= 15 is 0 Å². The van der Waals surface area contributed by atoms with Crippen LogP contribution in [0.4, 0.5) is 11.9 Å². The Bertz CT molecular complexity index is 890. The first-order valence-electron chi connectivity index (χ1n) is 14.8. The second kappa shape index (κ2) is 20.4. The highest BCUT2D eigenvalue weighted by Crippen LogP contribution is 2.21. The molecule has 2 aromatic rings. The van der Waals surface area contributed by atoms with Crippen LogP contribution in [0, 0.1) is 0 Å². The fraction of sp³-hybridized carbons (Fsp3) is 0.690. The number of benzene rings is 1. The summed E-state index contributed by atoms with van der Waals surface area (Å²) in [5, 5.41) is 0. The zero-order chi connectivity index (χ0) is 28.9. The second-order valence-electron chi connectivity index (χ2n) is 9.50. The summed E-state index contributed by atoms with van der Waals surface area (Å²) in [5.41, 5.74) is 0.905. The van der Waals surface area contributed by atoms with E-state index in [9.17, 15) is 0 Å². The lowest BCUT2D eigenvalue weighted by atomic mass is 10.2. The Balaban J connectivity index is 1.55. The zero-order valence-electron chi connectivity index (χ0n) is 24.5. The number of aromatic nitrogens is 3. The fourth-order valence-corrected chi connectivity index (χ4v) is 4.20. The normalized spacial score (nSPS) is 21.0. The quantitative estimate of drug-likeness (QED) is 0.511. The molecule has 13 heteroatoms. The van der Waals surface area contributed by atoms with Crippen LogP contribution in [0.15, 0.2) is 30.3 Å². The minimum atomic E-state index is 0.497. The molecule has 13 nitrogen and oxygen atoms in total. The predicted octanol–water partition coefficient (Wildman–Crippen LogP) is 1.31. The summed E-state index contributed by atoms with van der Waals surface area (Å²) in [6, 6.07) is 9.93. The van der Waals surface area contributed by atoms with Gasteiger partial charge in [0.1, 0.15) is 0 Å². The first kappa shape index (κ1) is 32.4. The maximum absolute atomic E-state index is 5.85. The van der Waals surface area contributed by atoms with Crippen molar-refractivity contribution >= 4 is 11.9 Å². The van der Waals surface area contributed by atoms with Crippen molar-refractivity contribution < 1.29 is 37.9 Å². The van der Waals surface area contributed by atoms with Crippen molar-refractivity contribution in [2.75, 3.05) is 142 Å². The molecule has 0 N–H and O–H groups in total. The third-order valence-corrected chi connectivity index (χ3v) is 6.46. The van der Waals surface area contributed by atoms with Crippen LogP contribution in [0.5, 0.6) is 0 Å². The lowest BCUT2D eigenvalue weighted by molar-refractivity contribution is 0.00206. The van der Waals surface area contributed by atoms with E-state index in [0.29, 0.717) is 150 Å². The van der Waals surface area contributed by atoms with Crippen LogP contribution in [0.1, 0.15) is 0 Å². The molecule has 2 saturated heterocycles. The molecule has 0 unspecified atom stereocenters. The highest BCUT2D eigenvalue weighted by Gasteiger charge is 2.19. The molecule has 0 spiro atoms. The summed E-state index contributed by atoms with van der Waals surface area (Å²) in [5.74, 6) is 1.71. The van der Waals surface area contributed by atoms with E-state index in [1.807, 2.05) is 30.3 Å². The number of hydrogen-bond donors (Lipinski definition) is 0. The number of anilines is 2. The molecule has 0 aliphatic carbocycles. The predicted molar refractivity (Wildman–Crippen MR) is 156 cm³/mol. The summed E-state index contributed by atoms with van der Waals surface area (Å²) in [7, 11) is 0. The number of nitrogens with zero attached hydrogens (tertiary/aromatic N) is 5. The topological polar surface area (TPSA) is 119 Å². The lowest BCUT2D eigenvalue weighted by Gasteiger charge is -2.27. The zero-order valence-corrected chi connectivity index (χ0v) is 24.5. The third-order valence-electron chi connectivity index (χ3n) is 6.46. The summed E-state index contributed by atoms with van der Waals surface area (Å²) < 4.78 is 45.6. The van der Waals surface area contributed by atoms with Gasteiger partial charge in [0.2, 0.25) is 11.9 Å². The fourth-order valence-electron chi connectivity index (χ4n) is 4.20. The Hall–Kier alpha value is -2.49. The average molecular weight is 592 g/mol. The monoisotopic (exact) mass is 591 g/mol. The molecule has 2 aliphatic heterocycles. The molecule has 0 amide bonds. The second-order valence-corrected chi connectivity index (χ2v) is 9.50. The molecule has 234 valence electrons. The minimum Gasteiger partial charge on any atom is -0.377 e. The summed E-state index contributed by atoms with van der Waals surface area (Å²) in [6.45, 7) is 10.6. The Labute approximate surface area is 248 Å². The number of rotatable bonds is 3. The van der Waals surface area contributed by atoms with E-state index < -0.39 is 0 Å². The van der Waals surface area contributed by atoms with Crippen LogP contribution in [0.2, 0.25) is 0 Å². The van der Waals surface area contributed by atoms with Gasteiger partial charge in [-0.2, -0.15) is 15.0 Å². The molecule has 0 saturated carbocycles. The molecule has 2 fully saturated rings. The average Bonchev–Trinajstić information content (AvgIpc) is 3.04. The van der Waals surface area contributed by atoms with Crippen molar-refractivity contribution in [3.8, 4) is 11.4 Å². The minimum absolute atomic E-state index is 0.497. The van der Waals surface area contributed by atoms with E-state index in [0.717, 1.165) is 5.56 Å². The van der Waals surface area contributed by atoms with Crippen LogP contribution in [-0.4, -0.2) is 147 Å². The van der Waals surface area contributed by atoms with Gasteiger partial charge in [0.25, 0.3) is 0 Å². The molecule has 4 rings (SSSR count). The molecule has 1 aromatic heterocycles. The molecule has 0 bridgehead atoms. The standard InChI is InChI=1S/C29H45N5O8/c1-2-4-26(5-3-1)27-30-28(33-6-10-35-14-18-39-22-23-40-19-15-36-11-7-33)32-29(31-27)34-8-12-37-16-20-41-24-25-42-21-17-38-13-9-34/h1-5H,6-25H2. The van der Waals surface area contributed by atoms with Crippen LogP contribution < -0.4 is 9.80 Å². The van der Waals surface area contributed by atoms with Crippen LogP contribution in [0.25, 0.3) is 11.4 Å². The SMILES string of the molecule is c1ccc(-c2nc(N3CCOCCOCCOCCOCC3)nc(N3CCOCCOCCOCCOCC3)n2)cc1. The molecule has 0 atom stereocenters. The number of ether oxygens (including phenoxy) is 8. The van der Waals surface area contributed by atoms with Gasteiger partial charge in [0.05, 0.1) is 106 Å². The van der Waals surface area contributed by atoms with E-state index in [1.54, 1.807) is 0 Å². The van der Waals surface area contributed by atoms with Crippen LogP contribution >= 0.6 is 0 Å². The van der Waals surface area contributed by atoms with Gasteiger partial charge in [-0.05, 0) is 0 Å².